The topological polar surface area (TPSA) is 61.9 Å². The number of hydrogen-bond donors (Lipinski definition) is 1. The van der Waals surface area contributed by atoms with E-state index >= 15 is 0 Å². The van der Waals surface area contributed by atoms with Crippen LogP contribution in [0.15, 0.2) is 42.5 Å². The second-order valence-electron chi connectivity index (χ2n) is 7.86. The number of carbonyl (C=O) groups excluding carboxylic acids is 2. The van der Waals surface area contributed by atoms with E-state index in [9.17, 15) is 14.0 Å². The van der Waals surface area contributed by atoms with Crippen LogP contribution in [0.5, 0.6) is 5.75 Å². The molecule has 30 heavy (non-hydrogen) atoms. The molecule has 2 aliphatic rings. The molecular formula is C23H26FN3O3. The monoisotopic (exact) mass is 411 g/mol. The van der Waals surface area contributed by atoms with Gasteiger partial charge in [0.15, 0.2) is 0 Å². The molecule has 1 saturated heterocycles. The van der Waals surface area contributed by atoms with E-state index in [1.54, 1.807) is 17.0 Å². The summed E-state index contributed by atoms with van der Waals surface area (Å²) in [5.74, 6) is 0.237. The number of likely N-dealkylation sites (tertiary alicyclic amines) is 1. The number of urea groups is 1. The highest BCUT2D eigenvalue weighted by atomic mass is 19.1. The lowest BCUT2D eigenvalue weighted by atomic mass is 9.96. The van der Waals surface area contributed by atoms with Crippen LogP contribution in [0.2, 0.25) is 0 Å². The number of anilines is 1. The van der Waals surface area contributed by atoms with Gasteiger partial charge < -0.3 is 15.0 Å². The summed E-state index contributed by atoms with van der Waals surface area (Å²) in [4.78, 5) is 29.2. The van der Waals surface area contributed by atoms with Crippen molar-refractivity contribution in [1.29, 1.82) is 0 Å². The third-order valence-corrected chi connectivity index (χ3v) is 5.70. The molecule has 0 radical (unpaired) electrons. The maximum absolute atomic E-state index is 13.3. The lowest BCUT2D eigenvalue weighted by Gasteiger charge is -2.37. The van der Waals surface area contributed by atoms with Crippen molar-refractivity contribution in [1.82, 2.24) is 10.2 Å². The molecule has 2 aliphatic heterocycles. The normalized spacial score (nSPS) is 16.6. The molecule has 0 atom stereocenters. The van der Waals surface area contributed by atoms with Crippen LogP contribution >= 0.6 is 0 Å². The number of halogens is 1. The number of amides is 3. The number of nitrogens with one attached hydrogen (secondary N) is 1. The van der Waals surface area contributed by atoms with E-state index in [1.807, 2.05) is 30.0 Å². The standard InChI is InChI=1S/C23H26FN3O3/c1-16-5-6-21-20(13-16)27(11-12-30-21)23(29)26-9-7-18(8-10-26)22(28)25-15-17-3-2-4-19(24)14-17/h2-6,13-14,18H,7-12,15H2,1H3,(H,25,28). The molecule has 2 heterocycles. The highest BCUT2D eigenvalue weighted by Crippen LogP contribution is 2.33. The van der Waals surface area contributed by atoms with Gasteiger partial charge in [-0.05, 0) is 55.2 Å². The van der Waals surface area contributed by atoms with E-state index in [2.05, 4.69) is 5.32 Å². The second kappa shape index (κ2) is 8.73. The first-order valence-corrected chi connectivity index (χ1v) is 10.3. The Morgan fingerprint density at radius 3 is 2.70 bits per heavy atom. The lowest BCUT2D eigenvalue weighted by molar-refractivity contribution is -0.126. The van der Waals surface area contributed by atoms with Gasteiger partial charge in [-0.15, -0.1) is 0 Å². The van der Waals surface area contributed by atoms with Crippen molar-refractivity contribution in [3.8, 4) is 5.75 Å². The zero-order valence-electron chi connectivity index (χ0n) is 17.1. The van der Waals surface area contributed by atoms with E-state index in [0.29, 0.717) is 45.6 Å². The van der Waals surface area contributed by atoms with Crippen molar-refractivity contribution < 1.29 is 18.7 Å². The maximum Gasteiger partial charge on any atom is 0.324 e. The molecule has 0 aliphatic carbocycles. The first-order valence-electron chi connectivity index (χ1n) is 10.3. The molecule has 6 nitrogen and oxygen atoms in total. The van der Waals surface area contributed by atoms with Gasteiger partial charge in [-0.3, -0.25) is 9.69 Å². The largest absolute Gasteiger partial charge is 0.490 e. The number of hydrogen-bond acceptors (Lipinski definition) is 3. The first-order chi connectivity index (χ1) is 14.5. The van der Waals surface area contributed by atoms with Crippen molar-refractivity contribution in [3.63, 3.8) is 0 Å². The van der Waals surface area contributed by atoms with Crippen LogP contribution in [0.1, 0.15) is 24.0 Å². The predicted octanol–water partition coefficient (Wildman–Crippen LogP) is 3.48. The Hall–Kier alpha value is -3.09. The summed E-state index contributed by atoms with van der Waals surface area (Å²) in [5, 5.41) is 2.89. The van der Waals surface area contributed by atoms with Crippen LogP contribution < -0.4 is 15.0 Å². The fourth-order valence-corrected chi connectivity index (χ4v) is 4.01. The summed E-state index contributed by atoms with van der Waals surface area (Å²) in [6.07, 6.45) is 1.23. The summed E-state index contributed by atoms with van der Waals surface area (Å²) in [6.45, 7) is 4.36. The Morgan fingerprint density at radius 2 is 1.93 bits per heavy atom. The molecule has 2 aromatic rings. The Bertz CT molecular complexity index is 941. The van der Waals surface area contributed by atoms with Gasteiger partial charge in [-0.25, -0.2) is 9.18 Å². The van der Waals surface area contributed by atoms with E-state index in [4.69, 9.17) is 4.74 Å². The highest BCUT2D eigenvalue weighted by Gasteiger charge is 2.32. The lowest BCUT2D eigenvalue weighted by Crippen LogP contribution is -2.50. The minimum absolute atomic E-state index is 0.0382. The van der Waals surface area contributed by atoms with Gasteiger partial charge in [0.25, 0.3) is 0 Å². The summed E-state index contributed by atoms with van der Waals surface area (Å²) in [6, 6.07) is 12.0. The maximum atomic E-state index is 13.3. The molecule has 0 spiro atoms. The van der Waals surface area contributed by atoms with Gasteiger partial charge in [0, 0.05) is 25.6 Å². The molecule has 1 N–H and O–H groups in total. The third kappa shape index (κ3) is 4.40. The van der Waals surface area contributed by atoms with Crippen LogP contribution in [0.25, 0.3) is 0 Å². The molecule has 2 aromatic carbocycles. The number of rotatable bonds is 3. The quantitative estimate of drug-likeness (QED) is 0.841. The molecule has 0 bridgehead atoms. The average molecular weight is 411 g/mol. The number of carbonyl (C=O) groups is 2. The highest BCUT2D eigenvalue weighted by molar-refractivity contribution is 5.94. The van der Waals surface area contributed by atoms with Gasteiger partial charge >= 0.3 is 6.03 Å². The molecule has 3 amide bonds. The van der Waals surface area contributed by atoms with Crippen molar-refractivity contribution in [2.24, 2.45) is 5.92 Å². The van der Waals surface area contributed by atoms with Gasteiger partial charge in [-0.1, -0.05) is 18.2 Å². The molecule has 0 aromatic heterocycles. The Kier molecular flexibility index (Phi) is 5.88. The molecule has 158 valence electrons. The number of fused-ring (bicyclic) bond motifs is 1. The molecule has 1 fully saturated rings. The zero-order valence-corrected chi connectivity index (χ0v) is 17.1. The fraction of sp³-hybridized carbons (Fsp3) is 0.391. The number of benzene rings is 2. The molecule has 0 unspecified atom stereocenters. The van der Waals surface area contributed by atoms with Crippen LogP contribution in [-0.4, -0.2) is 43.1 Å². The molecule has 4 rings (SSSR count). The molecule has 7 heteroatoms. The van der Waals surface area contributed by atoms with Gasteiger partial charge in [-0.2, -0.15) is 0 Å². The van der Waals surface area contributed by atoms with E-state index in [-0.39, 0.29) is 23.7 Å². The minimum atomic E-state index is -0.312. The Balaban J connectivity index is 1.32. The predicted molar refractivity (Wildman–Crippen MR) is 112 cm³/mol. The van der Waals surface area contributed by atoms with Crippen LogP contribution in [0.3, 0.4) is 0 Å². The molecule has 0 saturated carbocycles. The third-order valence-electron chi connectivity index (χ3n) is 5.70. The zero-order chi connectivity index (χ0) is 21.1. The van der Waals surface area contributed by atoms with Crippen molar-refractivity contribution in [3.05, 3.63) is 59.4 Å². The van der Waals surface area contributed by atoms with Gasteiger partial charge in [0.1, 0.15) is 18.2 Å². The number of piperidine rings is 1. The van der Waals surface area contributed by atoms with E-state index in [0.717, 1.165) is 22.6 Å². The smallest absolute Gasteiger partial charge is 0.324 e. The van der Waals surface area contributed by atoms with Crippen molar-refractivity contribution >= 4 is 17.6 Å². The summed E-state index contributed by atoms with van der Waals surface area (Å²) in [5.41, 5.74) is 2.61. The SMILES string of the molecule is Cc1ccc2c(c1)N(C(=O)N1CCC(C(=O)NCc3cccc(F)c3)CC1)CCO2. The van der Waals surface area contributed by atoms with Crippen molar-refractivity contribution in [2.75, 3.05) is 31.1 Å². The number of nitrogens with zero attached hydrogens (tertiary/aromatic N) is 2. The van der Waals surface area contributed by atoms with Crippen LogP contribution in [0, 0.1) is 18.7 Å². The second-order valence-corrected chi connectivity index (χ2v) is 7.86. The number of aryl methyl sites for hydroxylation is 1. The number of ether oxygens (including phenoxy) is 1. The first kappa shape index (κ1) is 20.2. The van der Waals surface area contributed by atoms with Gasteiger partial charge in [0.2, 0.25) is 5.91 Å². The average Bonchev–Trinajstić information content (AvgIpc) is 2.76. The van der Waals surface area contributed by atoms with Crippen molar-refractivity contribution in [2.45, 2.75) is 26.3 Å². The Labute approximate surface area is 175 Å². The van der Waals surface area contributed by atoms with Gasteiger partial charge in [0.05, 0.1) is 12.2 Å². The van der Waals surface area contributed by atoms with Crippen LogP contribution in [0.4, 0.5) is 14.9 Å². The van der Waals surface area contributed by atoms with E-state index < -0.39 is 0 Å². The summed E-state index contributed by atoms with van der Waals surface area (Å²) >= 11 is 0. The van der Waals surface area contributed by atoms with E-state index in [1.165, 1.54) is 12.1 Å². The molecular weight excluding hydrogens is 385 g/mol. The Morgan fingerprint density at radius 1 is 1.13 bits per heavy atom. The summed E-state index contributed by atoms with van der Waals surface area (Å²) in [7, 11) is 0. The summed E-state index contributed by atoms with van der Waals surface area (Å²) < 4.78 is 18.9. The fourth-order valence-electron chi connectivity index (χ4n) is 4.01. The minimum Gasteiger partial charge on any atom is -0.490 e. The van der Waals surface area contributed by atoms with Crippen LogP contribution in [-0.2, 0) is 11.3 Å².